The maximum Gasteiger partial charge on any atom is 0.242 e. The fourth-order valence-corrected chi connectivity index (χ4v) is 2.16. The second-order valence-electron chi connectivity index (χ2n) is 7.11. The van der Waals surface area contributed by atoms with E-state index in [9.17, 15) is 9.59 Å². The Labute approximate surface area is 147 Å². The molecule has 0 bridgehead atoms. The lowest BCUT2D eigenvalue weighted by Crippen LogP contribution is -2.48. The van der Waals surface area contributed by atoms with Gasteiger partial charge in [-0.1, -0.05) is 32.9 Å². The van der Waals surface area contributed by atoms with Crippen molar-refractivity contribution >= 4 is 11.8 Å². The summed E-state index contributed by atoms with van der Waals surface area (Å²) in [5.41, 5.74) is 1.33. The molecule has 0 unspecified atom stereocenters. The molecule has 134 valence electrons. The molecule has 0 saturated heterocycles. The van der Waals surface area contributed by atoms with E-state index in [4.69, 9.17) is 0 Å². The van der Waals surface area contributed by atoms with Crippen molar-refractivity contribution in [3.63, 3.8) is 0 Å². The standard InChI is InChI=1S/C18H25N5O2/c1-12(21-16(24)13(2)22-17(25)18(3,4)5)14-6-8-15(9-7-14)23-11-19-10-20-23/h6-13H,1-5H3,(H,21,24)(H,22,25)/t12-,13+/m1/s1. The van der Waals surface area contributed by atoms with E-state index in [-0.39, 0.29) is 17.9 Å². The summed E-state index contributed by atoms with van der Waals surface area (Å²) >= 11 is 0. The number of carbonyl (C=O) groups is 2. The third-order valence-electron chi connectivity index (χ3n) is 3.86. The van der Waals surface area contributed by atoms with Gasteiger partial charge in [-0.15, -0.1) is 0 Å². The predicted octanol–water partition coefficient (Wildman–Crippen LogP) is 2.00. The van der Waals surface area contributed by atoms with E-state index < -0.39 is 11.5 Å². The fraction of sp³-hybridized carbons (Fsp3) is 0.444. The van der Waals surface area contributed by atoms with Crippen LogP contribution >= 0.6 is 0 Å². The van der Waals surface area contributed by atoms with E-state index in [0.29, 0.717) is 0 Å². The number of rotatable bonds is 5. The van der Waals surface area contributed by atoms with E-state index in [1.807, 2.05) is 52.0 Å². The highest BCUT2D eigenvalue weighted by molar-refractivity contribution is 5.89. The van der Waals surface area contributed by atoms with Gasteiger partial charge in [0, 0.05) is 5.41 Å². The minimum absolute atomic E-state index is 0.153. The van der Waals surface area contributed by atoms with Crippen molar-refractivity contribution in [2.45, 2.75) is 46.7 Å². The van der Waals surface area contributed by atoms with Crippen LogP contribution in [0.5, 0.6) is 0 Å². The van der Waals surface area contributed by atoms with E-state index >= 15 is 0 Å². The van der Waals surface area contributed by atoms with Gasteiger partial charge in [0.15, 0.2) is 0 Å². The number of hydrogen-bond acceptors (Lipinski definition) is 4. The van der Waals surface area contributed by atoms with Crippen LogP contribution in [0.2, 0.25) is 0 Å². The molecule has 0 saturated carbocycles. The molecular weight excluding hydrogens is 318 g/mol. The van der Waals surface area contributed by atoms with Gasteiger partial charge >= 0.3 is 0 Å². The first kappa shape index (κ1) is 18.6. The highest BCUT2D eigenvalue weighted by Gasteiger charge is 2.25. The molecule has 1 heterocycles. The SMILES string of the molecule is C[C@H](NC(=O)C(C)(C)C)C(=O)N[C@H](C)c1ccc(-n2cncn2)cc1. The predicted molar refractivity (Wildman–Crippen MR) is 95.0 cm³/mol. The number of nitrogens with zero attached hydrogens (tertiary/aromatic N) is 3. The van der Waals surface area contributed by atoms with Gasteiger partial charge in [-0.25, -0.2) is 9.67 Å². The third-order valence-corrected chi connectivity index (χ3v) is 3.86. The highest BCUT2D eigenvalue weighted by Crippen LogP contribution is 2.16. The van der Waals surface area contributed by atoms with Gasteiger partial charge in [-0.3, -0.25) is 9.59 Å². The molecule has 2 N–H and O–H groups in total. The molecule has 0 aliphatic carbocycles. The Kier molecular flexibility index (Phi) is 5.56. The van der Waals surface area contributed by atoms with Gasteiger partial charge in [0.1, 0.15) is 18.7 Å². The summed E-state index contributed by atoms with van der Waals surface area (Å²) in [6.07, 6.45) is 3.10. The summed E-state index contributed by atoms with van der Waals surface area (Å²) in [6, 6.07) is 6.92. The Morgan fingerprint density at radius 1 is 1.08 bits per heavy atom. The Morgan fingerprint density at radius 2 is 1.72 bits per heavy atom. The highest BCUT2D eigenvalue weighted by atomic mass is 16.2. The first-order valence-electron chi connectivity index (χ1n) is 8.25. The smallest absolute Gasteiger partial charge is 0.242 e. The summed E-state index contributed by atoms with van der Waals surface area (Å²) in [7, 11) is 0. The van der Waals surface area contributed by atoms with Crippen LogP contribution in [0.4, 0.5) is 0 Å². The molecular formula is C18H25N5O2. The van der Waals surface area contributed by atoms with Crippen LogP contribution < -0.4 is 10.6 Å². The van der Waals surface area contributed by atoms with Gasteiger partial charge in [-0.05, 0) is 31.5 Å². The summed E-state index contributed by atoms with van der Waals surface area (Å²) in [5.74, 6) is -0.370. The van der Waals surface area contributed by atoms with Gasteiger partial charge in [0.25, 0.3) is 0 Å². The molecule has 2 amide bonds. The average molecular weight is 343 g/mol. The quantitative estimate of drug-likeness (QED) is 0.869. The first-order valence-corrected chi connectivity index (χ1v) is 8.25. The number of benzene rings is 1. The van der Waals surface area contributed by atoms with Crippen molar-refractivity contribution < 1.29 is 9.59 Å². The zero-order valence-electron chi connectivity index (χ0n) is 15.3. The normalized spacial score (nSPS) is 13.8. The molecule has 0 radical (unpaired) electrons. The lowest BCUT2D eigenvalue weighted by molar-refractivity contribution is -0.133. The number of carbonyl (C=O) groups excluding carboxylic acids is 2. The van der Waals surface area contributed by atoms with Crippen LogP contribution in [0.15, 0.2) is 36.9 Å². The minimum Gasteiger partial charge on any atom is -0.348 e. The molecule has 0 aliphatic rings. The van der Waals surface area contributed by atoms with E-state index in [0.717, 1.165) is 11.3 Å². The largest absolute Gasteiger partial charge is 0.348 e. The first-order chi connectivity index (χ1) is 11.7. The van der Waals surface area contributed by atoms with Crippen LogP contribution in [0.25, 0.3) is 5.69 Å². The summed E-state index contributed by atoms with van der Waals surface area (Å²) in [6.45, 7) is 9.02. The lowest BCUT2D eigenvalue weighted by Gasteiger charge is -2.23. The van der Waals surface area contributed by atoms with E-state index in [1.54, 1.807) is 17.9 Å². The van der Waals surface area contributed by atoms with Crippen molar-refractivity contribution in [1.29, 1.82) is 0 Å². The third kappa shape index (κ3) is 4.89. The van der Waals surface area contributed by atoms with Crippen molar-refractivity contribution in [3.8, 4) is 5.69 Å². The van der Waals surface area contributed by atoms with E-state index in [1.165, 1.54) is 6.33 Å². The van der Waals surface area contributed by atoms with Gasteiger partial charge in [0.2, 0.25) is 11.8 Å². The minimum atomic E-state index is -0.594. The van der Waals surface area contributed by atoms with Crippen molar-refractivity contribution in [2.75, 3.05) is 0 Å². The average Bonchev–Trinajstić information content (AvgIpc) is 3.08. The molecule has 1 aromatic carbocycles. The molecule has 0 spiro atoms. The van der Waals surface area contributed by atoms with Crippen molar-refractivity contribution in [2.24, 2.45) is 5.41 Å². The van der Waals surface area contributed by atoms with Crippen LogP contribution in [0.3, 0.4) is 0 Å². The fourth-order valence-electron chi connectivity index (χ4n) is 2.16. The van der Waals surface area contributed by atoms with Crippen LogP contribution in [-0.2, 0) is 9.59 Å². The summed E-state index contributed by atoms with van der Waals surface area (Å²) < 4.78 is 1.66. The molecule has 2 atom stereocenters. The van der Waals surface area contributed by atoms with Gasteiger partial charge in [0.05, 0.1) is 11.7 Å². The molecule has 0 fully saturated rings. The Morgan fingerprint density at radius 3 is 2.24 bits per heavy atom. The monoisotopic (exact) mass is 343 g/mol. The number of amides is 2. The van der Waals surface area contributed by atoms with Gasteiger partial charge in [-0.2, -0.15) is 5.10 Å². The molecule has 7 heteroatoms. The topological polar surface area (TPSA) is 88.9 Å². The summed E-state index contributed by atoms with van der Waals surface area (Å²) in [4.78, 5) is 28.2. The van der Waals surface area contributed by atoms with Crippen LogP contribution in [-0.4, -0.2) is 32.6 Å². The zero-order chi connectivity index (χ0) is 18.6. The number of hydrogen-bond donors (Lipinski definition) is 2. The molecule has 0 aliphatic heterocycles. The van der Waals surface area contributed by atoms with Gasteiger partial charge < -0.3 is 10.6 Å². The lowest BCUT2D eigenvalue weighted by atomic mass is 9.95. The van der Waals surface area contributed by atoms with Crippen LogP contribution in [0, 0.1) is 5.41 Å². The second-order valence-corrected chi connectivity index (χ2v) is 7.11. The number of aromatic nitrogens is 3. The molecule has 1 aromatic heterocycles. The molecule has 2 rings (SSSR count). The number of nitrogens with one attached hydrogen (secondary N) is 2. The second kappa shape index (κ2) is 7.46. The molecule has 25 heavy (non-hydrogen) atoms. The van der Waals surface area contributed by atoms with Crippen molar-refractivity contribution in [3.05, 3.63) is 42.5 Å². The Hall–Kier alpha value is -2.70. The van der Waals surface area contributed by atoms with Crippen molar-refractivity contribution in [1.82, 2.24) is 25.4 Å². The Balaban J connectivity index is 1.95. The maximum absolute atomic E-state index is 12.3. The molecule has 2 aromatic rings. The zero-order valence-corrected chi connectivity index (χ0v) is 15.3. The van der Waals surface area contributed by atoms with Crippen LogP contribution in [0.1, 0.15) is 46.2 Å². The summed E-state index contributed by atoms with van der Waals surface area (Å²) in [5, 5.41) is 9.73. The Bertz CT molecular complexity index is 717. The maximum atomic E-state index is 12.3. The van der Waals surface area contributed by atoms with E-state index in [2.05, 4.69) is 20.7 Å². The molecule has 7 nitrogen and oxygen atoms in total.